The van der Waals surface area contributed by atoms with Gasteiger partial charge in [0.25, 0.3) is 0 Å². The summed E-state index contributed by atoms with van der Waals surface area (Å²) in [5.41, 5.74) is 0. The van der Waals surface area contributed by atoms with Crippen LogP contribution in [0.5, 0.6) is 0 Å². The van der Waals surface area contributed by atoms with Crippen molar-refractivity contribution in [1.82, 2.24) is 4.90 Å². The van der Waals surface area contributed by atoms with E-state index in [1.54, 1.807) is 0 Å². The van der Waals surface area contributed by atoms with Crippen LogP contribution in [0.3, 0.4) is 0 Å². The Labute approximate surface area is 81.4 Å². The van der Waals surface area contributed by atoms with Gasteiger partial charge >= 0.3 is 11.9 Å². The summed E-state index contributed by atoms with van der Waals surface area (Å²) < 4.78 is 22.2. The van der Waals surface area contributed by atoms with Gasteiger partial charge in [0.05, 0.1) is 11.5 Å². The molecule has 0 spiro atoms. The molecule has 1 saturated heterocycles. The van der Waals surface area contributed by atoms with Crippen molar-refractivity contribution >= 4 is 21.7 Å². The minimum atomic E-state index is -3.11. The lowest BCUT2D eigenvalue weighted by Gasteiger charge is -2.31. The number of nitrogens with zero attached hydrogens (tertiary/aromatic N) is 1. The Bertz CT molecular complexity index is 360. The number of carbonyl (C=O) groups is 2. The summed E-state index contributed by atoms with van der Waals surface area (Å²) in [6.45, 7) is 1.49. The SMILES string of the molecule is CC1CS(=O)(=O)CCN1C(=O)C(=O)O. The van der Waals surface area contributed by atoms with Crippen molar-refractivity contribution in [2.75, 3.05) is 18.1 Å². The number of carboxylic acids is 1. The van der Waals surface area contributed by atoms with Crippen molar-refractivity contribution in [2.45, 2.75) is 13.0 Å². The molecule has 1 aliphatic heterocycles. The van der Waals surface area contributed by atoms with Crippen molar-refractivity contribution < 1.29 is 23.1 Å². The van der Waals surface area contributed by atoms with Crippen molar-refractivity contribution in [3.63, 3.8) is 0 Å². The van der Waals surface area contributed by atoms with E-state index in [0.29, 0.717) is 0 Å². The lowest BCUT2D eigenvalue weighted by molar-refractivity contribution is -0.156. The van der Waals surface area contributed by atoms with Crippen LogP contribution in [-0.2, 0) is 19.4 Å². The largest absolute Gasteiger partial charge is 0.474 e. The summed E-state index contributed by atoms with van der Waals surface area (Å²) in [5, 5.41) is 8.44. The van der Waals surface area contributed by atoms with E-state index in [-0.39, 0.29) is 18.1 Å². The van der Waals surface area contributed by atoms with Crippen LogP contribution in [0.25, 0.3) is 0 Å². The van der Waals surface area contributed by atoms with Gasteiger partial charge in [0.2, 0.25) is 0 Å². The number of amides is 1. The molecule has 1 heterocycles. The summed E-state index contributed by atoms with van der Waals surface area (Å²) >= 11 is 0. The highest BCUT2D eigenvalue weighted by molar-refractivity contribution is 7.91. The fraction of sp³-hybridized carbons (Fsp3) is 0.714. The normalized spacial score (nSPS) is 25.8. The standard InChI is InChI=1S/C7H11NO5S/c1-5-4-14(12,13)3-2-8(5)6(9)7(10)11/h5H,2-4H2,1H3,(H,10,11). The van der Waals surface area contributed by atoms with Crippen LogP contribution in [0.15, 0.2) is 0 Å². The van der Waals surface area contributed by atoms with Crippen LogP contribution >= 0.6 is 0 Å². The predicted molar refractivity (Wildman–Crippen MR) is 47.5 cm³/mol. The molecule has 0 aromatic heterocycles. The smallest absolute Gasteiger partial charge is 0.394 e. The number of hydrogen-bond donors (Lipinski definition) is 1. The molecule has 0 aromatic carbocycles. The van der Waals surface area contributed by atoms with E-state index >= 15 is 0 Å². The molecule has 1 atom stereocenters. The second kappa shape index (κ2) is 3.56. The third kappa shape index (κ3) is 2.22. The lowest BCUT2D eigenvalue weighted by atomic mass is 10.3. The Morgan fingerprint density at radius 2 is 2.00 bits per heavy atom. The second-order valence-corrected chi connectivity index (χ2v) is 5.50. The molecule has 1 amide bonds. The molecule has 1 aliphatic rings. The summed E-state index contributed by atoms with van der Waals surface area (Å²) in [6, 6.07) is -0.558. The zero-order valence-electron chi connectivity index (χ0n) is 7.63. The van der Waals surface area contributed by atoms with Crippen LogP contribution in [0.1, 0.15) is 6.92 Å². The Morgan fingerprint density at radius 1 is 1.43 bits per heavy atom. The monoisotopic (exact) mass is 221 g/mol. The van der Waals surface area contributed by atoms with Crippen LogP contribution in [-0.4, -0.2) is 54.4 Å². The summed E-state index contributed by atoms with van der Waals surface area (Å²) in [7, 11) is -3.11. The minimum absolute atomic E-state index is 0.0331. The molecule has 1 rings (SSSR count). The Morgan fingerprint density at radius 3 is 2.43 bits per heavy atom. The van der Waals surface area contributed by atoms with Crippen LogP contribution in [0.4, 0.5) is 0 Å². The van der Waals surface area contributed by atoms with E-state index in [0.717, 1.165) is 4.90 Å². The van der Waals surface area contributed by atoms with E-state index in [4.69, 9.17) is 5.11 Å². The zero-order valence-corrected chi connectivity index (χ0v) is 8.45. The predicted octanol–water partition coefficient (Wildman–Crippen LogP) is -1.28. The highest BCUT2D eigenvalue weighted by Gasteiger charge is 2.33. The maximum Gasteiger partial charge on any atom is 0.394 e. The summed E-state index contributed by atoms with van der Waals surface area (Å²) in [6.07, 6.45) is 0. The maximum absolute atomic E-state index is 11.1. The van der Waals surface area contributed by atoms with Crippen molar-refractivity contribution in [1.29, 1.82) is 0 Å². The summed E-state index contributed by atoms with van der Waals surface area (Å²) in [4.78, 5) is 22.5. The molecule has 7 heteroatoms. The third-order valence-corrected chi connectivity index (χ3v) is 3.91. The molecule has 1 unspecified atom stereocenters. The number of sulfone groups is 1. The molecule has 80 valence electrons. The Hall–Kier alpha value is -1.11. The Kier molecular flexibility index (Phi) is 2.79. The van der Waals surface area contributed by atoms with Gasteiger partial charge in [-0.05, 0) is 6.92 Å². The van der Waals surface area contributed by atoms with Crippen LogP contribution < -0.4 is 0 Å². The molecular formula is C7H11NO5S. The van der Waals surface area contributed by atoms with Crippen LogP contribution in [0, 0.1) is 0 Å². The van der Waals surface area contributed by atoms with Gasteiger partial charge in [-0.2, -0.15) is 0 Å². The molecule has 0 bridgehead atoms. The number of carboxylic acid groups (broad SMARTS) is 1. The van der Waals surface area contributed by atoms with E-state index in [1.807, 2.05) is 0 Å². The first-order valence-corrected chi connectivity index (χ1v) is 5.90. The average molecular weight is 221 g/mol. The second-order valence-electron chi connectivity index (χ2n) is 3.27. The van der Waals surface area contributed by atoms with E-state index in [1.165, 1.54) is 6.92 Å². The minimum Gasteiger partial charge on any atom is -0.474 e. The first kappa shape index (κ1) is 11.0. The average Bonchev–Trinajstić information content (AvgIpc) is 2.01. The number of aliphatic carboxylic acids is 1. The molecule has 1 fully saturated rings. The highest BCUT2D eigenvalue weighted by atomic mass is 32.2. The van der Waals surface area contributed by atoms with Gasteiger partial charge in [-0.1, -0.05) is 0 Å². The maximum atomic E-state index is 11.1. The van der Waals surface area contributed by atoms with Gasteiger partial charge in [-0.25, -0.2) is 13.2 Å². The molecule has 0 saturated carbocycles. The van der Waals surface area contributed by atoms with Gasteiger partial charge in [0.1, 0.15) is 0 Å². The fourth-order valence-corrected chi connectivity index (χ4v) is 2.98. The molecule has 0 aliphatic carbocycles. The van der Waals surface area contributed by atoms with Gasteiger partial charge in [-0.15, -0.1) is 0 Å². The number of rotatable bonds is 0. The van der Waals surface area contributed by atoms with Gasteiger partial charge in [0.15, 0.2) is 9.84 Å². The quantitative estimate of drug-likeness (QED) is 0.514. The van der Waals surface area contributed by atoms with E-state index < -0.39 is 27.8 Å². The highest BCUT2D eigenvalue weighted by Crippen LogP contribution is 2.11. The van der Waals surface area contributed by atoms with Crippen molar-refractivity contribution in [3.8, 4) is 0 Å². The molecule has 1 N–H and O–H groups in total. The van der Waals surface area contributed by atoms with Crippen molar-refractivity contribution in [3.05, 3.63) is 0 Å². The number of hydrogen-bond acceptors (Lipinski definition) is 4. The molecule has 14 heavy (non-hydrogen) atoms. The van der Waals surface area contributed by atoms with Crippen molar-refractivity contribution in [2.24, 2.45) is 0 Å². The van der Waals surface area contributed by atoms with Crippen LogP contribution in [0.2, 0.25) is 0 Å². The van der Waals surface area contributed by atoms with E-state index in [2.05, 4.69) is 0 Å². The third-order valence-electron chi connectivity index (χ3n) is 2.11. The first-order valence-electron chi connectivity index (χ1n) is 4.08. The fourth-order valence-electron chi connectivity index (χ4n) is 1.42. The Balaban J connectivity index is 2.77. The van der Waals surface area contributed by atoms with E-state index in [9.17, 15) is 18.0 Å². The molecule has 0 radical (unpaired) electrons. The first-order chi connectivity index (χ1) is 6.33. The molecular weight excluding hydrogens is 210 g/mol. The van der Waals surface area contributed by atoms with Gasteiger partial charge in [0, 0.05) is 12.6 Å². The zero-order chi connectivity index (χ0) is 10.9. The van der Waals surface area contributed by atoms with Gasteiger partial charge < -0.3 is 10.0 Å². The van der Waals surface area contributed by atoms with Gasteiger partial charge in [-0.3, -0.25) is 4.79 Å². The molecule has 0 aromatic rings. The topological polar surface area (TPSA) is 91.8 Å². The lowest BCUT2D eigenvalue weighted by Crippen LogP contribution is -2.51. The molecule has 6 nitrogen and oxygen atoms in total. The summed E-state index contributed by atoms with van der Waals surface area (Å²) in [5.74, 6) is -2.90. The number of carbonyl (C=O) groups excluding carboxylic acids is 1.